The molecule has 1 amide bonds. The predicted molar refractivity (Wildman–Crippen MR) is 96.9 cm³/mol. The van der Waals surface area contributed by atoms with Crippen LogP contribution in [0.4, 0.5) is 0 Å². The number of nitrogens with two attached hydrogens (primary N) is 1. The van der Waals surface area contributed by atoms with E-state index in [0.717, 1.165) is 16.9 Å². The monoisotopic (exact) mass is 375 g/mol. The van der Waals surface area contributed by atoms with Crippen LogP contribution in [0, 0.1) is 0 Å². The van der Waals surface area contributed by atoms with Crippen molar-refractivity contribution in [1.82, 2.24) is 10.2 Å². The van der Waals surface area contributed by atoms with Gasteiger partial charge in [0.25, 0.3) is 0 Å². The SMILES string of the molecule is COc1ccccc1CN1CC1C(=O)NCc1ccc(S(N)(=O)=O)cc1. The highest BCUT2D eigenvalue weighted by Crippen LogP contribution is 2.26. The maximum Gasteiger partial charge on any atom is 0.238 e. The highest BCUT2D eigenvalue weighted by atomic mass is 32.2. The first-order valence-corrected chi connectivity index (χ1v) is 9.68. The lowest BCUT2D eigenvalue weighted by Gasteiger charge is -2.09. The Hall–Kier alpha value is -2.42. The Morgan fingerprint density at radius 1 is 1.23 bits per heavy atom. The number of carbonyl (C=O) groups is 1. The Morgan fingerprint density at radius 3 is 2.58 bits per heavy atom. The van der Waals surface area contributed by atoms with Crippen LogP contribution in [0.1, 0.15) is 11.1 Å². The third kappa shape index (κ3) is 4.40. The highest BCUT2D eigenvalue weighted by molar-refractivity contribution is 7.89. The zero-order valence-corrected chi connectivity index (χ0v) is 15.2. The van der Waals surface area contributed by atoms with Gasteiger partial charge in [-0.1, -0.05) is 30.3 Å². The lowest BCUT2D eigenvalue weighted by atomic mass is 10.2. The minimum atomic E-state index is -3.70. The fraction of sp³-hybridized carbons (Fsp3) is 0.278. The number of rotatable bonds is 7. The Balaban J connectivity index is 1.51. The molecule has 1 heterocycles. The van der Waals surface area contributed by atoms with Crippen molar-refractivity contribution < 1.29 is 17.9 Å². The minimum Gasteiger partial charge on any atom is -0.496 e. The first-order valence-electron chi connectivity index (χ1n) is 8.14. The smallest absolute Gasteiger partial charge is 0.238 e. The second kappa shape index (κ2) is 7.45. The van der Waals surface area contributed by atoms with Crippen LogP contribution in [-0.2, 0) is 27.9 Å². The van der Waals surface area contributed by atoms with Crippen molar-refractivity contribution in [2.75, 3.05) is 13.7 Å². The number of nitrogens with one attached hydrogen (secondary N) is 1. The van der Waals surface area contributed by atoms with Crippen LogP contribution in [-0.4, -0.2) is 38.9 Å². The second-order valence-electron chi connectivity index (χ2n) is 6.16. The molecule has 0 spiro atoms. The van der Waals surface area contributed by atoms with Crippen molar-refractivity contribution >= 4 is 15.9 Å². The fourth-order valence-electron chi connectivity index (χ4n) is 2.75. The molecule has 3 N–H and O–H groups in total. The number of nitrogens with zero attached hydrogens (tertiary/aromatic N) is 1. The summed E-state index contributed by atoms with van der Waals surface area (Å²) < 4.78 is 27.8. The van der Waals surface area contributed by atoms with Gasteiger partial charge < -0.3 is 10.1 Å². The number of ether oxygens (including phenoxy) is 1. The summed E-state index contributed by atoms with van der Waals surface area (Å²) in [6.07, 6.45) is 0. The number of benzene rings is 2. The van der Waals surface area contributed by atoms with Crippen LogP contribution in [0.2, 0.25) is 0 Å². The van der Waals surface area contributed by atoms with Crippen molar-refractivity contribution in [3.05, 3.63) is 59.7 Å². The minimum absolute atomic E-state index is 0.0459. The summed E-state index contributed by atoms with van der Waals surface area (Å²) in [6.45, 7) is 1.70. The third-order valence-corrected chi connectivity index (χ3v) is 5.23. The van der Waals surface area contributed by atoms with E-state index in [1.54, 1.807) is 19.2 Å². The van der Waals surface area contributed by atoms with E-state index in [0.29, 0.717) is 19.6 Å². The summed E-state index contributed by atoms with van der Waals surface area (Å²) in [5.41, 5.74) is 1.85. The number of carbonyl (C=O) groups excluding carboxylic acids is 1. The molecule has 0 aromatic heterocycles. The van der Waals surface area contributed by atoms with E-state index in [1.807, 2.05) is 24.3 Å². The van der Waals surface area contributed by atoms with Gasteiger partial charge in [0.05, 0.1) is 12.0 Å². The van der Waals surface area contributed by atoms with Gasteiger partial charge >= 0.3 is 0 Å². The average molecular weight is 375 g/mol. The van der Waals surface area contributed by atoms with Crippen molar-refractivity contribution in [1.29, 1.82) is 0 Å². The molecule has 0 saturated carbocycles. The Labute approximate surface area is 152 Å². The van der Waals surface area contributed by atoms with E-state index >= 15 is 0 Å². The molecule has 1 aliphatic rings. The predicted octanol–water partition coefficient (Wildman–Crippen LogP) is 0.843. The summed E-state index contributed by atoms with van der Waals surface area (Å²) in [5, 5.41) is 7.94. The maximum atomic E-state index is 12.3. The molecule has 2 aromatic rings. The molecule has 0 radical (unpaired) electrons. The molecule has 1 aliphatic heterocycles. The first kappa shape index (κ1) is 18.4. The van der Waals surface area contributed by atoms with Crippen molar-refractivity contribution in [2.24, 2.45) is 5.14 Å². The normalized spacial score (nSPS) is 19.0. The average Bonchev–Trinajstić information content (AvgIpc) is 3.39. The standard InChI is InChI=1S/C18H21N3O4S/c1-25-17-5-3-2-4-14(17)11-21-12-16(21)18(22)20-10-13-6-8-15(9-7-13)26(19,23)24/h2-9,16H,10-12H2,1H3,(H,20,22)(H2,19,23,24). The summed E-state index contributed by atoms with van der Waals surface area (Å²) in [6, 6.07) is 13.7. The highest BCUT2D eigenvalue weighted by Gasteiger charge is 2.40. The Bertz CT molecular complexity index is 897. The lowest BCUT2D eigenvalue weighted by molar-refractivity contribution is -0.121. The zero-order chi connectivity index (χ0) is 18.7. The van der Waals surface area contributed by atoms with Gasteiger partial charge in [0.15, 0.2) is 0 Å². The molecule has 138 valence electrons. The quantitative estimate of drug-likeness (QED) is 0.699. The topological polar surface area (TPSA) is 102 Å². The molecule has 1 saturated heterocycles. The summed E-state index contributed by atoms with van der Waals surface area (Å²) in [7, 11) is -2.07. The van der Waals surface area contributed by atoms with Gasteiger partial charge in [0.1, 0.15) is 11.8 Å². The molecule has 2 unspecified atom stereocenters. The van der Waals surface area contributed by atoms with Crippen LogP contribution in [0.25, 0.3) is 0 Å². The number of sulfonamides is 1. The summed E-state index contributed by atoms with van der Waals surface area (Å²) in [4.78, 5) is 14.4. The molecular formula is C18H21N3O4S. The second-order valence-corrected chi connectivity index (χ2v) is 7.73. The molecular weight excluding hydrogens is 354 g/mol. The molecule has 0 aliphatic carbocycles. The van der Waals surface area contributed by atoms with Gasteiger partial charge in [0, 0.05) is 25.2 Å². The molecule has 7 nitrogen and oxygen atoms in total. The third-order valence-electron chi connectivity index (χ3n) is 4.30. The van der Waals surface area contributed by atoms with Crippen molar-refractivity contribution in [2.45, 2.75) is 24.0 Å². The van der Waals surface area contributed by atoms with Gasteiger partial charge in [0.2, 0.25) is 15.9 Å². The largest absolute Gasteiger partial charge is 0.496 e. The van der Waals surface area contributed by atoms with Crippen LogP contribution in [0.5, 0.6) is 5.75 Å². The summed E-state index contributed by atoms with van der Waals surface area (Å²) in [5.74, 6) is 0.768. The molecule has 8 heteroatoms. The molecule has 2 atom stereocenters. The van der Waals surface area contributed by atoms with Gasteiger partial charge in [-0.25, -0.2) is 13.6 Å². The lowest BCUT2D eigenvalue weighted by Crippen LogP contribution is -2.29. The Morgan fingerprint density at radius 2 is 1.92 bits per heavy atom. The van der Waals surface area contributed by atoms with E-state index in [4.69, 9.17) is 9.88 Å². The molecule has 3 rings (SSSR count). The van der Waals surface area contributed by atoms with E-state index in [2.05, 4.69) is 10.2 Å². The number of methoxy groups -OCH3 is 1. The molecule has 26 heavy (non-hydrogen) atoms. The van der Waals surface area contributed by atoms with Crippen LogP contribution < -0.4 is 15.2 Å². The van der Waals surface area contributed by atoms with Gasteiger partial charge in [-0.3, -0.25) is 9.69 Å². The van der Waals surface area contributed by atoms with E-state index in [-0.39, 0.29) is 16.8 Å². The maximum absolute atomic E-state index is 12.3. The number of primary sulfonamides is 1. The zero-order valence-electron chi connectivity index (χ0n) is 14.4. The van der Waals surface area contributed by atoms with E-state index < -0.39 is 10.0 Å². The number of hydrogen-bond donors (Lipinski definition) is 2. The summed E-state index contributed by atoms with van der Waals surface area (Å²) >= 11 is 0. The first-order chi connectivity index (χ1) is 12.4. The Kier molecular flexibility index (Phi) is 5.26. The van der Waals surface area contributed by atoms with Crippen LogP contribution in [0.3, 0.4) is 0 Å². The van der Waals surface area contributed by atoms with Crippen molar-refractivity contribution in [3.8, 4) is 5.75 Å². The van der Waals surface area contributed by atoms with Gasteiger partial charge in [-0.2, -0.15) is 0 Å². The molecule has 1 fully saturated rings. The van der Waals surface area contributed by atoms with Crippen LogP contribution >= 0.6 is 0 Å². The van der Waals surface area contributed by atoms with Gasteiger partial charge in [-0.05, 0) is 23.8 Å². The number of amides is 1. The number of hydrogen-bond acceptors (Lipinski definition) is 5. The van der Waals surface area contributed by atoms with Gasteiger partial charge in [-0.15, -0.1) is 0 Å². The molecule has 2 aromatic carbocycles. The van der Waals surface area contributed by atoms with E-state index in [9.17, 15) is 13.2 Å². The van der Waals surface area contributed by atoms with Crippen LogP contribution in [0.15, 0.2) is 53.4 Å². The van der Waals surface area contributed by atoms with E-state index in [1.165, 1.54) is 12.1 Å². The number of para-hydroxylation sites is 1. The molecule has 0 bridgehead atoms. The fourth-order valence-corrected chi connectivity index (χ4v) is 3.27. The van der Waals surface area contributed by atoms with Crippen molar-refractivity contribution in [3.63, 3.8) is 0 Å².